The van der Waals surface area contributed by atoms with E-state index in [0.29, 0.717) is 4.90 Å². The summed E-state index contributed by atoms with van der Waals surface area (Å²) in [6.07, 6.45) is 1.47. The van der Waals surface area contributed by atoms with E-state index in [4.69, 9.17) is 10.3 Å². The average Bonchev–Trinajstić information content (AvgIpc) is 2.78. The van der Waals surface area contributed by atoms with E-state index < -0.39 is 19.8 Å². The molecule has 0 fully saturated rings. The zero-order valence-electron chi connectivity index (χ0n) is 12.2. The first-order valence-electron chi connectivity index (χ1n) is 6.12. The van der Waals surface area contributed by atoms with Gasteiger partial charge >= 0.3 is 0 Å². The van der Waals surface area contributed by atoms with Crippen molar-refractivity contribution in [1.29, 1.82) is 0 Å². The molecule has 120 valence electrons. The topological polar surface area (TPSA) is 128 Å². The maximum atomic E-state index is 12.3. The van der Waals surface area contributed by atoms with Gasteiger partial charge in [0.05, 0.1) is 15.4 Å². The lowest BCUT2D eigenvalue weighted by molar-refractivity contribution is 0.396. The van der Waals surface area contributed by atoms with E-state index in [-0.39, 0.29) is 22.2 Å². The molecule has 1 aromatic carbocycles. The number of sulfonamides is 1. The van der Waals surface area contributed by atoms with Crippen LogP contribution >= 0.6 is 0 Å². The van der Waals surface area contributed by atoms with Crippen LogP contribution in [0.1, 0.15) is 5.76 Å². The first-order chi connectivity index (χ1) is 10.2. The van der Waals surface area contributed by atoms with Crippen LogP contribution in [-0.2, 0) is 19.8 Å². The molecule has 2 rings (SSSR count). The molecule has 1 atom stereocenters. The molecule has 0 amide bonds. The zero-order valence-corrected chi connectivity index (χ0v) is 13.9. The quantitative estimate of drug-likeness (QED) is 0.864. The summed E-state index contributed by atoms with van der Waals surface area (Å²) in [7, 11) is -5.07. The maximum Gasteiger partial charge on any atom is 0.269 e. The standard InChI is InChI=1S/C12H16N4O4S2/c1-8-11(12(13)15-20-8)22(18,19)16-9-5-4-6-10(7-9)21(3,17)14-2/h4-7,16H,1-3H3,(H2,13,15). The van der Waals surface area contributed by atoms with Crippen LogP contribution in [-0.4, -0.2) is 31.1 Å². The summed E-state index contributed by atoms with van der Waals surface area (Å²) in [6, 6.07) is 6.20. The lowest BCUT2D eigenvalue weighted by Gasteiger charge is -2.09. The average molecular weight is 344 g/mol. The van der Waals surface area contributed by atoms with E-state index >= 15 is 0 Å². The molecule has 0 saturated carbocycles. The minimum absolute atomic E-state index is 0.0870. The Labute approximate surface area is 128 Å². The van der Waals surface area contributed by atoms with Gasteiger partial charge in [-0.25, -0.2) is 17.0 Å². The number of benzene rings is 1. The lowest BCUT2D eigenvalue weighted by Crippen LogP contribution is -2.15. The second-order valence-electron chi connectivity index (χ2n) is 4.57. The number of nitrogen functional groups attached to an aromatic ring is 1. The van der Waals surface area contributed by atoms with Gasteiger partial charge in [0.25, 0.3) is 10.0 Å². The number of aryl methyl sites for hydroxylation is 1. The van der Waals surface area contributed by atoms with Crippen molar-refractivity contribution in [3.05, 3.63) is 30.0 Å². The number of anilines is 2. The number of hydrogen-bond acceptors (Lipinski definition) is 7. The summed E-state index contributed by atoms with van der Waals surface area (Å²) in [6.45, 7) is 1.45. The van der Waals surface area contributed by atoms with E-state index in [2.05, 4.69) is 14.2 Å². The van der Waals surface area contributed by atoms with Gasteiger partial charge in [-0.15, -0.1) is 0 Å². The van der Waals surface area contributed by atoms with Gasteiger partial charge in [-0.3, -0.25) is 4.72 Å². The van der Waals surface area contributed by atoms with Crippen LogP contribution in [0.3, 0.4) is 0 Å². The molecule has 0 bridgehead atoms. The molecule has 8 nitrogen and oxygen atoms in total. The second-order valence-corrected chi connectivity index (χ2v) is 8.63. The van der Waals surface area contributed by atoms with Crippen molar-refractivity contribution in [3.63, 3.8) is 0 Å². The molecule has 0 spiro atoms. The number of nitrogens with zero attached hydrogens (tertiary/aromatic N) is 2. The maximum absolute atomic E-state index is 12.3. The number of nitrogens with one attached hydrogen (secondary N) is 1. The van der Waals surface area contributed by atoms with Gasteiger partial charge in [0.2, 0.25) is 0 Å². The van der Waals surface area contributed by atoms with Crippen molar-refractivity contribution < 1.29 is 17.1 Å². The Bertz CT molecular complexity index is 905. The van der Waals surface area contributed by atoms with Crippen molar-refractivity contribution >= 4 is 31.3 Å². The van der Waals surface area contributed by atoms with Crippen LogP contribution in [0, 0.1) is 6.92 Å². The van der Waals surface area contributed by atoms with Gasteiger partial charge in [-0.1, -0.05) is 11.2 Å². The van der Waals surface area contributed by atoms with E-state index in [1.54, 1.807) is 12.1 Å². The predicted octanol–water partition coefficient (Wildman–Crippen LogP) is 1.45. The highest BCUT2D eigenvalue weighted by molar-refractivity contribution is 7.93. The summed E-state index contributed by atoms with van der Waals surface area (Å²) in [5, 5.41) is 3.42. The van der Waals surface area contributed by atoms with Gasteiger partial charge in [-0.05, 0) is 25.1 Å². The van der Waals surface area contributed by atoms with Crippen molar-refractivity contribution in [2.24, 2.45) is 4.36 Å². The van der Waals surface area contributed by atoms with Crippen LogP contribution in [0.2, 0.25) is 0 Å². The van der Waals surface area contributed by atoms with Gasteiger partial charge in [0, 0.05) is 18.2 Å². The molecule has 0 radical (unpaired) electrons. The van der Waals surface area contributed by atoms with Gasteiger partial charge in [0.15, 0.2) is 16.5 Å². The smallest absolute Gasteiger partial charge is 0.269 e. The summed E-state index contributed by atoms with van der Waals surface area (Å²) in [5.41, 5.74) is 5.76. The van der Waals surface area contributed by atoms with Gasteiger partial charge < -0.3 is 10.3 Å². The molecule has 0 saturated heterocycles. The zero-order chi connectivity index (χ0) is 16.5. The van der Waals surface area contributed by atoms with Crippen molar-refractivity contribution in [2.75, 3.05) is 23.8 Å². The molecule has 1 aromatic heterocycles. The van der Waals surface area contributed by atoms with Crippen LogP contribution in [0.5, 0.6) is 0 Å². The minimum Gasteiger partial charge on any atom is -0.380 e. The number of nitrogens with two attached hydrogens (primary N) is 1. The van der Waals surface area contributed by atoms with E-state index in [1.165, 1.54) is 32.4 Å². The molecule has 0 aliphatic carbocycles. The van der Waals surface area contributed by atoms with Crippen molar-refractivity contribution in [3.8, 4) is 0 Å². The first-order valence-corrected chi connectivity index (χ1v) is 9.53. The molecular formula is C12H16N4O4S2. The van der Waals surface area contributed by atoms with Crippen molar-refractivity contribution in [1.82, 2.24) is 5.16 Å². The third-order valence-electron chi connectivity index (χ3n) is 2.97. The molecule has 3 N–H and O–H groups in total. The van der Waals surface area contributed by atoms with Crippen LogP contribution in [0.25, 0.3) is 0 Å². The van der Waals surface area contributed by atoms with Gasteiger partial charge in [-0.2, -0.15) is 0 Å². The van der Waals surface area contributed by atoms with Crippen LogP contribution in [0.4, 0.5) is 11.5 Å². The van der Waals surface area contributed by atoms with Crippen LogP contribution in [0.15, 0.2) is 42.9 Å². The Kier molecular flexibility index (Phi) is 4.16. The molecule has 2 aromatic rings. The highest BCUT2D eigenvalue weighted by Gasteiger charge is 2.25. The van der Waals surface area contributed by atoms with Crippen molar-refractivity contribution in [2.45, 2.75) is 16.7 Å². The Balaban J connectivity index is 2.44. The second kappa shape index (κ2) is 5.61. The highest BCUT2D eigenvalue weighted by Crippen LogP contribution is 2.25. The number of rotatable bonds is 4. The first kappa shape index (κ1) is 16.3. The van der Waals surface area contributed by atoms with Gasteiger partial charge in [0.1, 0.15) is 0 Å². The largest absolute Gasteiger partial charge is 0.380 e. The number of hydrogen-bond donors (Lipinski definition) is 2. The monoisotopic (exact) mass is 344 g/mol. The summed E-state index contributed by atoms with van der Waals surface area (Å²) >= 11 is 0. The lowest BCUT2D eigenvalue weighted by atomic mass is 10.3. The fraction of sp³-hybridized carbons (Fsp3) is 0.250. The Morgan fingerprint density at radius 2 is 2.00 bits per heavy atom. The molecule has 1 unspecified atom stereocenters. The molecule has 0 aliphatic heterocycles. The van der Waals surface area contributed by atoms with E-state index in [9.17, 15) is 12.6 Å². The predicted molar refractivity (Wildman–Crippen MR) is 83.6 cm³/mol. The molecule has 10 heteroatoms. The molecule has 0 aliphatic rings. The summed E-state index contributed by atoms with van der Waals surface area (Å²) < 4.78 is 47.9. The Morgan fingerprint density at radius 3 is 2.55 bits per heavy atom. The number of aromatic nitrogens is 1. The van der Waals surface area contributed by atoms with E-state index in [1.807, 2.05) is 0 Å². The molecule has 22 heavy (non-hydrogen) atoms. The third kappa shape index (κ3) is 3.07. The SMILES string of the molecule is CN=S(C)(=O)c1cccc(NS(=O)(=O)c2c(N)noc2C)c1. The van der Waals surface area contributed by atoms with Crippen LogP contribution < -0.4 is 10.5 Å². The minimum atomic E-state index is -3.95. The normalized spacial score (nSPS) is 14.3. The third-order valence-corrected chi connectivity index (χ3v) is 6.34. The fourth-order valence-electron chi connectivity index (χ4n) is 1.81. The molecule has 1 heterocycles. The summed E-state index contributed by atoms with van der Waals surface area (Å²) in [5.74, 6) is -0.131. The Morgan fingerprint density at radius 1 is 1.32 bits per heavy atom. The van der Waals surface area contributed by atoms with E-state index in [0.717, 1.165) is 0 Å². The highest BCUT2D eigenvalue weighted by atomic mass is 32.2. The Hall–Kier alpha value is -2.07. The fourth-order valence-corrected chi connectivity index (χ4v) is 3.97. The molecular weight excluding hydrogens is 328 g/mol. The summed E-state index contributed by atoms with van der Waals surface area (Å²) in [4.78, 5) is 0.209.